The fraction of sp³-hybridized carbons (Fsp3) is 0.130. The molecule has 3 rings (SSSR count). The minimum absolute atomic E-state index is 0.0542. The van der Waals surface area contributed by atoms with Crippen molar-refractivity contribution >= 4 is 23.7 Å². The highest BCUT2D eigenvalue weighted by Gasteiger charge is 2.29. The number of fused-ring (bicyclic) bond motifs is 1. The van der Waals surface area contributed by atoms with Crippen LogP contribution in [0.3, 0.4) is 0 Å². The molecule has 0 amide bonds. The van der Waals surface area contributed by atoms with E-state index in [4.69, 9.17) is 9.47 Å². The van der Waals surface area contributed by atoms with Crippen molar-refractivity contribution in [3.05, 3.63) is 83.6 Å². The van der Waals surface area contributed by atoms with E-state index in [9.17, 15) is 9.59 Å². The highest BCUT2D eigenvalue weighted by Crippen LogP contribution is 2.32. The standard InChI is InChI=1S/C23H19NO4/c1-27-22(25)16-21(23(26)28-2)24-19(14-12-17-8-4-3-5-9-17)15-13-18-10-6-7-11-20(18)24/h3-11,13,15-16,19H,1-2H3/b21-16+. The average Bonchev–Trinajstić information content (AvgIpc) is 2.75. The summed E-state index contributed by atoms with van der Waals surface area (Å²) in [6.07, 6.45) is 4.95. The SMILES string of the molecule is COC(=O)/C=C(\C(=O)OC)N1c2ccccc2C=CC1C#Cc1ccccc1. The summed E-state index contributed by atoms with van der Waals surface area (Å²) in [5.41, 5.74) is 2.56. The first kappa shape index (κ1) is 19.0. The zero-order valence-corrected chi connectivity index (χ0v) is 15.6. The number of rotatable bonds is 3. The maximum Gasteiger partial charge on any atom is 0.355 e. The Morgan fingerprint density at radius 1 is 1.00 bits per heavy atom. The second-order valence-corrected chi connectivity index (χ2v) is 5.91. The van der Waals surface area contributed by atoms with Gasteiger partial charge < -0.3 is 14.4 Å². The first-order valence-electron chi connectivity index (χ1n) is 8.65. The van der Waals surface area contributed by atoms with E-state index in [-0.39, 0.29) is 5.70 Å². The Kier molecular flexibility index (Phi) is 5.93. The van der Waals surface area contributed by atoms with Gasteiger partial charge in [-0.25, -0.2) is 9.59 Å². The van der Waals surface area contributed by atoms with Crippen LogP contribution in [0.4, 0.5) is 5.69 Å². The minimum Gasteiger partial charge on any atom is -0.466 e. The third kappa shape index (κ3) is 4.13. The Hall–Kier alpha value is -3.78. The van der Waals surface area contributed by atoms with Crippen molar-refractivity contribution < 1.29 is 19.1 Å². The van der Waals surface area contributed by atoms with E-state index in [0.717, 1.165) is 22.9 Å². The summed E-state index contributed by atoms with van der Waals surface area (Å²) in [6, 6.07) is 16.6. The molecule has 28 heavy (non-hydrogen) atoms. The molecule has 0 spiro atoms. The number of hydrogen-bond acceptors (Lipinski definition) is 5. The second kappa shape index (κ2) is 8.74. The Morgan fingerprint density at radius 3 is 2.43 bits per heavy atom. The average molecular weight is 373 g/mol. The van der Waals surface area contributed by atoms with Crippen LogP contribution in [0.2, 0.25) is 0 Å². The van der Waals surface area contributed by atoms with Crippen LogP contribution in [0.15, 0.2) is 72.4 Å². The molecule has 0 aliphatic carbocycles. The molecule has 1 unspecified atom stereocenters. The van der Waals surface area contributed by atoms with Crippen LogP contribution in [0, 0.1) is 11.8 Å². The molecule has 1 atom stereocenters. The smallest absolute Gasteiger partial charge is 0.355 e. The normalized spacial score (nSPS) is 15.1. The molecule has 1 aliphatic heterocycles. The Morgan fingerprint density at radius 2 is 1.71 bits per heavy atom. The highest BCUT2D eigenvalue weighted by atomic mass is 16.5. The fourth-order valence-corrected chi connectivity index (χ4v) is 2.85. The number of hydrogen-bond donors (Lipinski definition) is 0. The van der Waals surface area contributed by atoms with E-state index in [2.05, 4.69) is 11.8 Å². The van der Waals surface area contributed by atoms with Gasteiger partial charge in [0.15, 0.2) is 0 Å². The molecule has 0 bridgehead atoms. The Balaban J connectivity index is 2.11. The zero-order valence-electron chi connectivity index (χ0n) is 15.6. The second-order valence-electron chi connectivity index (χ2n) is 5.91. The van der Waals surface area contributed by atoms with Gasteiger partial charge >= 0.3 is 11.9 Å². The molecule has 0 fully saturated rings. The molecule has 140 valence electrons. The van der Waals surface area contributed by atoms with Crippen LogP contribution in [-0.2, 0) is 19.1 Å². The van der Waals surface area contributed by atoms with Crippen molar-refractivity contribution in [1.82, 2.24) is 0 Å². The van der Waals surface area contributed by atoms with E-state index < -0.39 is 18.0 Å². The van der Waals surface area contributed by atoms with Crippen molar-refractivity contribution in [3.63, 3.8) is 0 Å². The molecule has 5 heteroatoms. The molecular formula is C23H19NO4. The highest BCUT2D eigenvalue weighted by molar-refractivity contribution is 6.00. The lowest BCUT2D eigenvalue weighted by Crippen LogP contribution is -2.38. The third-order valence-electron chi connectivity index (χ3n) is 4.18. The zero-order chi connectivity index (χ0) is 19.9. The van der Waals surface area contributed by atoms with Crippen LogP contribution in [0.25, 0.3) is 6.08 Å². The van der Waals surface area contributed by atoms with E-state index in [1.165, 1.54) is 14.2 Å². The minimum atomic E-state index is -0.651. The van der Waals surface area contributed by atoms with Crippen molar-refractivity contribution in [3.8, 4) is 11.8 Å². The van der Waals surface area contributed by atoms with Gasteiger partial charge in [-0.1, -0.05) is 54.3 Å². The molecule has 2 aromatic carbocycles. The fourth-order valence-electron chi connectivity index (χ4n) is 2.85. The molecule has 1 heterocycles. The lowest BCUT2D eigenvalue weighted by atomic mass is 10.0. The van der Waals surface area contributed by atoms with Gasteiger partial charge in [-0.3, -0.25) is 0 Å². The quantitative estimate of drug-likeness (QED) is 0.470. The molecule has 1 aliphatic rings. The van der Waals surface area contributed by atoms with Crippen molar-refractivity contribution in [1.29, 1.82) is 0 Å². The van der Waals surface area contributed by atoms with Crippen LogP contribution in [0.5, 0.6) is 0 Å². The number of ether oxygens (including phenoxy) is 2. The summed E-state index contributed by atoms with van der Waals surface area (Å²) >= 11 is 0. The van der Waals surface area contributed by atoms with Crippen LogP contribution in [0.1, 0.15) is 11.1 Å². The van der Waals surface area contributed by atoms with Gasteiger partial charge in [0, 0.05) is 5.56 Å². The van der Waals surface area contributed by atoms with Gasteiger partial charge in [0.1, 0.15) is 11.7 Å². The van der Waals surface area contributed by atoms with Gasteiger partial charge in [0.2, 0.25) is 0 Å². The molecule has 5 nitrogen and oxygen atoms in total. The number of para-hydroxylation sites is 1. The van der Waals surface area contributed by atoms with Gasteiger partial charge in [-0.15, -0.1) is 0 Å². The summed E-state index contributed by atoms with van der Waals surface area (Å²) in [7, 11) is 2.52. The number of anilines is 1. The lowest BCUT2D eigenvalue weighted by molar-refractivity contribution is -0.138. The molecule has 2 aromatic rings. The molecule has 0 saturated carbocycles. The number of esters is 2. The van der Waals surface area contributed by atoms with Crippen LogP contribution >= 0.6 is 0 Å². The number of carbonyl (C=O) groups excluding carboxylic acids is 2. The summed E-state index contributed by atoms with van der Waals surface area (Å²) in [4.78, 5) is 26.1. The van der Waals surface area contributed by atoms with Gasteiger partial charge in [0.05, 0.1) is 26.0 Å². The maximum absolute atomic E-state index is 12.5. The monoisotopic (exact) mass is 373 g/mol. The Bertz CT molecular complexity index is 996. The van der Waals surface area contributed by atoms with E-state index in [1.807, 2.05) is 66.7 Å². The number of carbonyl (C=O) groups is 2. The van der Waals surface area contributed by atoms with E-state index in [0.29, 0.717) is 0 Å². The molecule has 0 aromatic heterocycles. The molecule has 0 radical (unpaired) electrons. The first-order valence-corrected chi connectivity index (χ1v) is 8.65. The van der Waals surface area contributed by atoms with Crippen LogP contribution in [-0.4, -0.2) is 32.2 Å². The number of benzene rings is 2. The van der Waals surface area contributed by atoms with Crippen molar-refractivity contribution in [2.75, 3.05) is 19.1 Å². The van der Waals surface area contributed by atoms with Crippen molar-refractivity contribution in [2.24, 2.45) is 0 Å². The largest absolute Gasteiger partial charge is 0.466 e. The summed E-state index contributed by atoms with van der Waals surface area (Å²) in [5, 5.41) is 0. The maximum atomic E-state index is 12.5. The predicted octanol–water partition coefficient (Wildman–Crippen LogP) is 3.17. The van der Waals surface area contributed by atoms with E-state index in [1.54, 1.807) is 4.90 Å². The lowest BCUT2D eigenvalue weighted by Gasteiger charge is -2.33. The topological polar surface area (TPSA) is 55.8 Å². The molecule has 0 N–H and O–H groups in total. The first-order chi connectivity index (χ1) is 13.6. The molecular weight excluding hydrogens is 354 g/mol. The van der Waals surface area contributed by atoms with Crippen LogP contribution < -0.4 is 4.90 Å². The molecule has 0 saturated heterocycles. The summed E-state index contributed by atoms with van der Waals surface area (Å²) < 4.78 is 9.62. The van der Waals surface area contributed by atoms with Gasteiger partial charge in [-0.2, -0.15) is 0 Å². The Labute approximate surface area is 163 Å². The summed E-state index contributed by atoms with van der Waals surface area (Å²) in [5.74, 6) is 4.98. The predicted molar refractivity (Wildman–Crippen MR) is 107 cm³/mol. The number of nitrogens with zero attached hydrogens (tertiary/aromatic N) is 1. The third-order valence-corrected chi connectivity index (χ3v) is 4.18. The summed E-state index contributed by atoms with van der Waals surface area (Å²) in [6.45, 7) is 0. The van der Waals surface area contributed by atoms with Gasteiger partial charge in [0.25, 0.3) is 0 Å². The number of methoxy groups -OCH3 is 2. The van der Waals surface area contributed by atoms with Gasteiger partial charge in [-0.05, 0) is 29.8 Å². The van der Waals surface area contributed by atoms with E-state index >= 15 is 0 Å². The van der Waals surface area contributed by atoms with Crippen molar-refractivity contribution in [2.45, 2.75) is 6.04 Å².